The first-order valence-corrected chi connectivity index (χ1v) is 9.33. The van der Waals surface area contributed by atoms with E-state index < -0.39 is 0 Å². The summed E-state index contributed by atoms with van der Waals surface area (Å²) >= 11 is 1.44. The largest absolute Gasteiger partial charge is 0.272 e. The molecule has 0 atom stereocenters. The fourth-order valence-electron chi connectivity index (χ4n) is 3.15. The van der Waals surface area contributed by atoms with Gasteiger partial charge in [-0.05, 0) is 49.3 Å². The van der Waals surface area contributed by atoms with E-state index in [2.05, 4.69) is 0 Å². The Hall–Kier alpha value is -2.33. The molecule has 0 radical (unpaired) electrons. The van der Waals surface area contributed by atoms with Gasteiger partial charge < -0.3 is 0 Å². The molecule has 1 aliphatic heterocycles. The number of rotatable bonds is 4. The molecule has 0 saturated heterocycles. The Morgan fingerprint density at radius 2 is 1.64 bits per heavy atom. The van der Waals surface area contributed by atoms with Gasteiger partial charge in [-0.1, -0.05) is 48.9 Å². The van der Waals surface area contributed by atoms with Crippen molar-refractivity contribution >= 4 is 34.8 Å². The van der Waals surface area contributed by atoms with E-state index in [-0.39, 0.29) is 11.8 Å². The number of thioether (sulfide) groups is 1. The fourth-order valence-corrected chi connectivity index (χ4v) is 4.00. The molecule has 0 bridgehead atoms. The van der Waals surface area contributed by atoms with Gasteiger partial charge in [0.2, 0.25) is 0 Å². The third-order valence-electron chi connectivity index (χ3n) is 4.34. The first-order valence-electron chi connectivity index (χ1n) is 8.34. The van der Waals surface area contributed by atoms with Crippen LogP contribution in [0.3, 0.4) is 0 Å². The maximum absolute atomic E-state index is 13.2. The van der Waals surface area contributed by atoms with Crippen molar-refractivity contribution in [3.63, 3.8) is 0 Å². The molecule has 2 aromatic rings. The van der Waals surface area contributed by atoms with Gasteiger partial charge in [-0.15, -0.1) is 11.8 Å². The van der Waals surface area contributed by atoms with Crippen molar-refractivity contribution < 1.29 is 9.59 Å². The maximum atomic E-state index is 13.2. The van der Waals surface area contributed by atoms with E-state index in [1.165, 1.54) is 16.7 Å². The zero-order valence-electron chi connectivity index (χ0n) is 14.9. The average molecular weight is 351 g/mol. The van der Waals surface area contributed by atoms with Crippen LogP contribution < -0.4 is 4.90 Å². The predicted molar refractivity (Wildman–Crippen MR) is 105 cm³/mol. The lowest BCUT2D eigenvalue weighted by molar-refractivity contribution is -0.119. The lowest BCUT2D eigenvalue weighted by Crippen LogP contribution is -2.32. The number of benzene rings is 2. The van der Waals surface area contributed by atoms with Crippen molar-refractivity contribution in [3.05, 3.63) is 69.6 Å². The minimum atomic E-state index is -0.234. The highest BCUT2D eigenvalue weighted by molar-refractivity contribution is 8.04. The molecule has 2 aromatic carbocycles. The number of aryl methyl sites for hydroxylation is 3. The van der Waals surface area contributed by atoms with Crippen LogP contribution in [0.25, 0.3) is 5.57 Å². The van der Waals surface area contributed by atoms with Crippen molar-refractivity contribution in [2.45, 2.75) is 27.7 Å². The van der Waals surface area contributed by atoms with Crippen molar-refractivity contribution in [2.75, 3.05) is 10.7 Å². The highest BCUT2D eigenvalue weighted by atomic mass is 32.2. The van der Waals surface area contributed by atoms with Gasteiger partial charge in [-0.2, -0.15) is 0 Å². The van der Waals surface area contributed by atoms with Crippen LogP contribution in [0.15, 0.2) is 47.4 Å². The van der Waals surface area contributed by atoms with Gasteiger partial charge in [0.1, 0.15) is 0 Å². The Kier molecular flexibility index (Phi) is 4.82. The van der Waals surface area contributed by atoms with E-state index in [1.54, 1.807) is 0 Å². The lowest BCUT2D eigenvalue weighted by atomic mass is 9.98. The van der Waals surface area contributed by atoms with Gasteiger partial charge in [-0.25, -0.2) is 4.90 Å². The second-order valence-corrected chi connectivity index (χ2v) is 7.46. The summed E-state index contributed by atoms with van der Waals surface area (Å²) in [6, 6.07) is 13.5. The van der Waals surface area contributed by atoms with E-state index in [4.69, 9.17) is 0 Å². The third kappa shape index (κ3) is 3.02. The van der Waals surface area contributed by atoms with Gasteiger partial charge in [0, 0.05) is 0 Å². The lowest BCUT2D eigenvalue weighted by Gasteiger charge is -2.17. The van der Waals surface area contributed by atoms with Crippen molar-refractivity contribution in [1.29, 1.82) is 0 Å². The van der Waals surface area contributed by atoms with Crippen LogP contribution in [0, 0.1) is 20.8 Å². The molecule has 0 aromatic heterocycles. The molecule has 0 spiro atoms. The molecule has 0 unspecified atom stereocenters. The van der Waals surface area contributed by atoms with Crippen LogP contribution in [0.2, 0.25) is 0 Å². The molecule has 0 fully saturated rings. The van der Waals surface area contributed by atoms with Crippen molar-refractivity contribution in [1.82, 2.24) is 0 Å². The fraction of sp³-hybridized carbons (Fsp3) is 0.238. The van der Waals surface area contributed by atoms with Crippen molar-refractivity contribution in [2.24, 2.45) is 0 Å². The Bertz CT molecular complexity index is 899. The minimum absolute atomic E-state index is 0.221. The minimum Gasteiger partial charge on any atom is -0.268 e. The molecule has 1 heterocycles. The SMILES string of the molecule is CCSC1=C(c2ccc(C)cc2C)C(=O)N(c2ccccc2C)C1=O. The molecule has 0 aliphatic carbocycles. The summed E-state index contributed by atoms with van der Waals surface area (Å²) in [5.74, 6) is 0.285. The third-order valence-corrected chi connectivity index (χ3v) is 5.29. The number of amides is 2. The summed E-state index contributed by atoms with van der Waals surface area (Å²) in [7, 11) is 0. The maximum Gasteiger partial charge on any atom is 0.272 e. The molecule has 3 rings (SSSR count). The summed E-state index contributed by atoms with van der Waals surface area (Å²) in [6.45, 7) is 7.91. The van der Waals surface area contributed by atoms with Crippen LogP contribution in [0.4, 0.5) is 5.69 Å². The number of hydrogen-bond acceptors (Lipinski definition) is 3. The molecular formula is C21H21NO2S. The number of para-hydroxylation sites is 1. The quantitative estimate of drug-likeness (QED) is 0.753. The summed E-state index contributed by atoms with van der Waals surface area (Å²) in [4.78, 5) is 28.1. The first-order chi connectivity index (χ1) is 12.0. The van der Waals surface area contributed by atoms with E-state index in [9.17, 15) is 9.59 Å². The van der Waals surface area contributed by atoms with Crippen LogP contribution in [-0.4, -0.2) is 17.6 Å². The highest BCUT2D eigenvalue weighted by Crippen LogP contribution is 2.40. The molecule has 25 heavy (non-hydrogen) atoms. The Balaban J connectivity index is 2.16. The zero-order valence-corrected chi connectivity index (χ0v) is 15.7. The summed E-state index contributed by atoms with van der Waals surface area (Å²) in [5.41, 5.74) is 5.09. The normalized spacial score (nSPS) is 14.6. The van der Waals surface area contributed by atoms with Gasteiger partial charge in [0.05, 0.1) is 16.2 Å². The van der Waals surface area contributed by atoms with Gasteiger partial charge >= 0.3 is 0 Å². The molecule has 0 saturated carbocycles. The second-order valence-electron chi connectivity index (χ2n) is 6.19. The van der Waals surface area contributed by atoms with Crippen LogP contribution in [0.5, 0.6) is 0 Å². The standard InChI is InChI=1S/C21H21NO2S/c1-5-25-19-18(16-11-10-13(2)12-15(16)4)20(23)22(21(19)24)17-9-7-6-8-14(17)3/h6-12H,5H2,1-4H3. The Morgan fingerprint density at radius 1 is 0.920 bits per heavy atom. The molecule has 128 valence electrons. The zero-order chi connectivity index (χ0) is 18.1. The number of hydrogen-bond donors (Lipinski definition) is 0. The smallest absolute Gasteiger partial charge is 0.268 e. The molecule has 0 N–H and O–H groups in total. The van der Waals surface area contributed by atoms with Gasteiger partial charge in [-0.3, -0.25) is 9.59 Å². The molecule has 4 heteroatoms. The number of carbonyl (C=O) groups is 2. The molecule has 3 nitrogen and oxygen atoms in total. The van der Waals surface area contributed by atoms with E-state index in [1.807, 2.05) is 70.2 Å². The number of anilines is 1. The second kappa shape index (κ2) is 6.89. The molecular weight excluding hydrogens is 330 g/mol. The molecule has 1 aliphatic rings. The van der Waals surface area contributed by atoms with E-state index in [0.29, 0.717) is 16.2 Å². The van der Waals surface area contributed by atoms with Crippen molar-refractivity contribution in [3.8, 4) is 0 Å². The van der Waals surface area contributed by atoms with E-state index >= 15 is 0 Å². The Labute approximate surface area is 152 Å². The monoisotopic (exact) mass is 351 g/mol. The van der Waals surface area contributed by atoms with E-state index in [0.717, 1.165) is 28.0 Å². The Morgan fingerprint density at radius 3 is 2.28 bits per heavy atom. The van der Waals surface area contributed by atoms with Gasteiger partial charge in [0.25, 0.3) is 11.8 Å². The summed E-state index contributed by atoms with van der Waals surface area (Å²) in [5, 5.41) is 0. The topological polar surface area (TPSA) is 37.4 Å². The van der Waals surface area contributed by atoms with Gasteiger partial charge in [0.15, 0.2) is 0 Å². The molecule has 2 amide bonds. The number of carbonyl (C=O) groups excluding carboxylic acids is 2. The summed E-state index contributed by atoms with van der Waals surface area (Å²) < 4.78 is 0. The number of nitrogens with zero attached hydrogens (tertiary/aromatic N) is 1. The van der Waals surface area contributed by atoms with Crippen LogP contribution in [-0.2, 0) is 9.59 Å². The highest BCUT2D eigenvalue weighted by Gasteiger charge is 2.40. The first kappa shape index (κ1) is 17.5. The van der Waals surface area contributed by atoms with Crippen LogP contribution in [0.1, 0.15) is 29.2 Å². The number of imide groups is 1. The van der Waals surface area contributed by atoms with Crippen LogP contribution >= 0.6 is 11.8 Å². The summed E-state index contributed by atoms with van der Waals surface area (Å²) in [6.07, 6.45) is 0. The average Bonchev–Trinajstić information content (AvgIpc) is 2.80. The predicted octanol–water partition coefficient (Wildman–Crippen LogP) is 4.65.